The minimum absolute atomic E-state index is 0.0145. The molecule has 0 bridgehead atoms. The van der Waals surface area contributed by atoms with Gasteiger partial charge in [0.2, 0.25) is 0 Å². The molecule has 0 saturated carbocycles. The first kappa shape index (κ1) is 14.9. The zero-order chi connectivity index (χ0) is 15.7. The van der Waals surface area contributed by atoms with Crippen molar-refractivity contribution in [3.8, 4) is 0 Å². The van der Waals surface area contributed by atoms with Gasteiger partial charge in [0.05, 0.1) is 23.0 Å². The van der Waals surface area contributed by atoms with Gasteiger partial charge in [0.25, 0.3) is 5.91 Å². The van der Waals surface area contributed by atoms with Gasteiger partial charge in [-0.05, 0) is 46.3 Å². The molecule has 1 N–H and O–H groups in total. The van der Waals surface area contributed by atoms with E-state index >= 15 is 0 Å². The van der Waals surface area contributed by atoms with E-state index in [1.54, 1.807) is 24.3 Å². The highest BCUT2D eigenvalue weighted by atomic mass is 79.9. The summed E-state index contributed by atoms with van der Waals surface area (Å²) in [5.41, 5.74) is 1.14. The maximum Gasteiger partial charge on any atom is 0.258 e. The Labute approximate surface area is 138 Å². The van der Waals surface area contributed by atoms with Crippen molar-refractivity contribution < 1.29 is 9.18 Å². The molecule has 4 nitrogen and oxygen atoms in total. The zero-order valence-electron chi connectivity index (χ0n) is 11.0. The lowest BCUT2D eigenvalue weighted by molar-refractivity contribution is 0.102. The number of aromatic nitrogens is 2. The molecular weight excluding hydrogens is 373 g/mol. The third-order valence-corrected chi connectivity index (χ3v) is 3.72. The smallest absolute Gasteiger partial charge is 0.258 e. The van der Waals surface area contributed by atoms with Crippen LogP contribution < -0.4 is 5.32 Å². The number of carbonyl (C=O) groups excluding carboxylic acids is 1. The van der Waals surface area contributed by atoms with E-state index in [0.29, 0.717) is 21.2 Å². The first-order valence-electron chi connectivity index (χ1n) is 6.21. The van der Waals surface area contributed by atoms with E-state index in [2.05, 4.69) is 31.2 Å². The molecule has 1 amide bonds. The number of anilines is 1. The Kier molecular flexibility index (Phi) is 4.04. The summed E-state index contributed by atoms with van der Waals surface area (Å²) in [6.45, 7) is 0. The number of rotatable bonds is 2. The number of benzene rings is 1. The third kappa shape index (κ3) is 3.08. The Hall–Kier alpha value is -2.05. The minimum Gasteiger partial charge on any atom is -0.320 e. The SMILES string of the molecule is O=C(Nc1ccc(Br)nc1)c1cc2ccc(F)cc2nc1Cl. The molecule has 3 aromatic rings. The standard InChI is InChI=1S/C15H8BrClFN3O/c16-13-4-3-10(7-19-13)20-15(22)11-5-8-1-2-9(18)6-12(8)21-14(11)17/h1-7H,(H,20,22). The van der Waals surface area contributed by atoms with E-state index in [9.17, 15) is 9.18 Å². The number of carbonyl (C=O) groups is 1. The number of nitrogens with one attached hydrogen (secondary N) is 1. The number of amides is 1. The fourth-order valence-electron chi connectivity index (χ4n) is 1.92. The lowest BCUT2D eigenvalue weighted by Crippen LogP contribution is -2.13. The highest BCUT2D eigenvalue weighted by Crippen LogP contribution is 2.22. The predicted octanol–water partition coefficient (Wildman–Crippen LogP) is 4.44. The van der Waals surface area contributed by atoms with E-state index in [1.807, 2.05) is 0 Å². The van der Waals surface area contributed by atoms with E-state index in [0.717, 1.165) is 0 Å². The average Bonchev–Trinajstić information content (AvgIpc) is 2.48. The molecule has 7 heteroatoms. The van der Waals surface area contributed by atoms with E-state index < -0.39 is 11.7 Å². The molecule has 0 saturated heterocycles. The van der Waals surface area contributed by atoms with Crippen molar-refractivity contribution in [2.24, 2.45) is 0 Å². The van der Waals surface area contributed by atoms with Crippen LogP contribution in [-0.2, 0) is 0 Å². The van der Waals surface area contributed by atoms with Crippen LogP contribution in [0.3, 0.4) is 0 Å². The molecule has 22 heavy (non-hydrogen) atoms. The van der Waals surface area contributed by atoms with Gasteiger partial charge in [0.1, 0.15) is 15.6 Å². The van der Waals surface area contributed by atoms with Crippen LogP contribution >= 0.6 is 27.5 Å². The van der Waals surface area contributed by atoms with E-state index in [4.69, 9.17) is 11.6 Å². The number of pyridine rings is 2. The average molecular weight is 381 g/mol. The lowest BCUT2D eigenvalue weighted by atomic mass is 10.1. The molecule has 0 aliphatic carbocycles. The van der Waals surface area contributed by atoms with Gasteiger partial charge in [-0.1, -0.05) is 11.6 Å². The van der Waals surface area contributed by atoms with Crippen molar-refractivity contribution in [1.82, 2.24) is 9.97 Å². The van der Waals surface area contributed by atoms with Crippen LogP contribution in [-0.4, -0.2) is 15.9 Å². The number of fused-ring (bicyclic) bond motifs is 1. The molecule has 0 spiro atoms. The maximum atomic E-state index is 13.2. The third-order valence-electron chi connectivity index (χ3n) is 2.96. The number of hydrogen-bond donors (Lipinski definition) is 1. The number of halogens is 3. The summed E-state index contributed by atoms with van der Waals surface area (Å²) in [7, 11) is 0. The fraction of sp³-hybridized carbons (Fsp3) is 0. The van der Waals surface area contributed by atoms with Crippen LogP contribution in [0.5, 0.6) is 0 Å². The van der Waals surface area contributed by atoms with Crippen molar-refractivity contribution in [3.05, 3.63) is 63.7 Å². The topological polar surface area (TPSA) is 54.9 Å². The lowest BCUT2D eigenvalue weighted by Gasteiger charge is -2.07. The number of nitrogens with zero attached hydrogens (tertiary/aromatic N) is 2. The van der Waals surface area contributed by atoms with Crippen molar-refractivity contribution in [3.63, 3.8) is 0 Å². The normalized spacial score (nSPS) is 10.7. The van der Waals surface area contributed by atoms with Crippen molar-refractivity contribution in [2.45, 2.75) is 0 Å². The van der Waals surface area contributed by atoms with Gasteiger partial charge in [-0.3, -0.25) is 4.79 Å². The maximum absolute atomic E-state index is 13.2. The van der Waals surface area contributed by atoms with Gasteiger partial charge in [0.15, 0.2) is 0 Å². The van der Waals surface area contributed by atoms with Crippen LogP contribution in [0.2, 0.25) is 5.15 Å². The van der Waals surface area contributed by atoms with Crippen LogP contribution in [0, 0.1) is 5.82 Å². The van der Waals surface area contributed by atoms with Gasteiger partial charge in [-0.25, -0.2) is 14.4 Å². The predicted molar refractivity (Wildman–Crippen MR) is 86.6 cm³/mol. The Morgan fingerprint density at radius 1 is 1.23 bits per heavy atom. The molecule has 110 valence electrons. The zero-order valence-corrected chi connectivity index (χ0v) is 13.3. The van der Waals surface area contributed by atoms with Crippen LogP contribution in [0.4, 0.5) is 10.1 Å². The largest absolute Gasteiger partial charge is 0.320 e. The molecule has 0 aliphatic rings. The van der Waals surface area contributed by atoms with Gasteiger partial charge >= 0.3 is 0 Å². The highest BCUT2D eigenvalue weighted by molar-refractivity contribution is 9.10. The Morgan fingerprint density at radius 2 is 2.05 bits per heavy atom. The quantitative estimate of drug-likeness (QED) is 0.669. The molecule has 0 atom stereocenters. The minimum atomic E-state index is -0.409. The fourth-order valence-corrected chi connectivity index (χ4v) is 2.39. The summed E-state index contributed by atoms with van der Waals surface area (Å²) < 4.78 is 13.8. The summed E-state index contributed by atoms with van der Waals surface area (Å²) in [5, 5.41) is 3.33. The molecule has 1 aromatic carbocycles. The van der Waals surface area contributed by atoms with Gasteiger partial charge < -0.3 is 5.32 Å². The second-order valence-corrected chi connectivity index (χ2v) is 5.66. The summed E-state index contributed by atoms with van der Waals surface area (Å²) in [6, 6.07) is 9.10. The van der Waals surface area contributed by atoms with Gasteiger partial charge in [-0.2, -0.15) is 0 Å². The Balaban J connectivity index is 1.94. The second-order valence-electron chi connectivity index (χ2n) is 4.49. The van der Waals surface area contributed by atoms with Gasteiger partial charge in [-0.15, -0.1) is 0 Å². The van der Waals surface area contributed by atoms with Crippen molar-refractivity contribution >= 4 is 50.0 Å². The highest BCUT2D eigenvalue weighted by Gasteiger charge is 2.14. The molecule has 0 radical (unpaired) electrons. The summed E-state index contributed by atoms with van der Waals surface area (Å²) >= 11 is 9.24. The first-order chi connectivity index (χ1) is 10.5. The second kappa shape index (κ2) is 5.98. The molecule has 2 heterocycles. The van der Waals surface area contributed by atoms with Crippen molar-refractivity contribution in [2.75, 3.05) is 5.32 Å². The molecule has 0 fully saturated rings. The van der Waals surface area contributed by atoms with Crippen molar-refractivity contribution in [1.29, 1.82) is 0 Å². The molecule has 2 aromatic heterocycles. The summed E-state index contributed by atoms with van der Waals surface area (Å²) in [5.74, 6) is -0.818. The molecule has 0 unspecified atom stereocenters. The Bertz CT molecular complexity index is 871. The first-order valence-corrected chi connectivity index (χ1v) is 7.39. The monoisotopic (exact) mass is 379 g/mol. The molecular formula is C15H8BrClFN3O. The number of hydrogen-bond acceptors (Lipinski definition) is 3. The van der Waals surface area contributed by atoms with E-state index in [-0.39, 0.29) is 10.7 Å². The van der Waals surface area contributed by atoms with E-state index in [1.165, 1.54) is 18.3 Å². The summed E-state index contributed by atoms with van der Waals surface area (Å²) in [4.78, 5) is 20.4. The van der Waals surface area contributed by atoms with Crippen LogP contribution in [0.1, 0.15) is 10.4 Å². The van der Waals surface area contributed by atoms with Crippen LogP contribution in [0.25, 0.3) is 10.9 Å². The van der Waals surface area contributed by atoms with Gasteiger partial charge in [0, 0.05) is 11.5 Å². The Morgan fingerprint density at radius 3 is 2.77 bits per heavy atom. The van der Waals surface area contributed by atoms with Crippen LogP contribution in [0.15, 0.2) is 47.2 Å². The molecule has 3 rings (SSSR count). The summed E-state index contributed by atoms with van der Waals surface area (Å²) in [6.07, 6.45) is 1.51. The molecule has 0 aliphatic heterocycles.